The van der Waals surface area contributed by atoms with Crippen LogP contribution in [0.1, 0.15) is 23.0 Å². The van der Waals surface area contributed by atoms with Gasteiger partial charge in [-0.3, -0.25) is 4.98 Å². The summed E-state index contributed by atoms with van der Waals surface area (Å²) in [6.07, 6.45) is -8.12. The van der Waals surface area contributed by atoms with Gasteiger partial charge in [-0.2, -0.15) is 26.3 Å². The van der Waals surface area contributed by atoms with E-state index in [1.807, 2.05) is 17.6 Å². The molecule has 4 rings (SSSR count). The lowest BCUT2D eigenvalue weighted by atomic mass is 9.86. The average molecular weight is 560 g/mol. The molecule has 0 unspecified atom stereocenters. The minimum absolute atomic E-state index is 0.0917. The monoisotopic (exact) mass is 560 g/mol. The van der Waals surface area contributed by atoms with Crippen molar-refractivity contribution in [1.82, 2.24) is 14.5 Å². The molecule has 3 aromatic rings. The van der Waals surface area contributed by atoms with Crippen molar-refractivity contribution in [1.29, 1.82) is 0 Å². The van der Waals surface area contributed by atoms with E-state index in [0.29, 0.717) is 19.0 Å². The van der Waals surface area contributed by atoms with E-state index in [9.17, 15) is 39.5 Å². The number of nitrogens with zero attached hydrogens (tertiary/aromatic N) is 3. The molecule has 0 bridgehead atoms. The standard InChI is InChI=1S/C17H15F3N4.2C2HF3O2/c1-8-2-16-15(6-22-8)23-17-4-10(14(21)7-24(16)17)9-3-12(19)13(20)5-11(9)18;2*3-2(4,5)1(6)7/h2-3,5-6,10,14H,4,7,21H2,1H3;2*(H,6,7)/t10-,14+;;/m1../s1. The first-order valence-electron chi connectivity index (χ1n) is 10.1. The van der Waals surface area contributed by atoms with Crippen molar-refractivity contribution in [2.24, 2.45) is 5.73 Å². The van der Waals surface area contributed by atoms with Gasteiger partial charge < -0.3 is 20.5 Å². The number of benzene rings is 1. The number of pyridine rings is 1. The fourth-order valence-electron chi connectivity index (χ4n) is 3.39. The lowest BCUT2D eigenvalue weighted by Crippen LogP contribution is -2.39. The SMILES string of the molecule is Cc1cc2c(cn1)nc1n2C[C@H](N)[C@@H](c2cc(F)c(F)cc2F)C1.O=C(O)C(F)(F)F.O=C(O)C(F)(F)F. The van der Waals surface area contributed by atoms with Crippen LogP contribution in [-0.4, -0.2) is 55.1 Å². The minimum atomic E-state index is -5.08. The second kappa shape index (κ2) is 11.2. The van der Waals surface area contributed by atoms with Gasteiger partial charge in [-0.1, -0.05) is 0 Å². The van der Waals surface area contributed by atoms with Gasteiger partial charge in [-0.05, 0) is 24.6 Å². The smallest absolute Gasteiger partial charge is 0.475 e. The number of aliphatic carboxylic acids is 2. The topological polar surface area (TPSA) is 131 Å². The van der Waals surface area contributed by atoms with E-state index in [1.165, 1.54) is 0 Å². The predicted molar refractivity (Wildman–Crippen MR) is 110 cm³/mol. The largest absolute Gasteiger partial charge is 0.490 e. The molecule has 2 aromatic heterocycles. The molecule has 0 spiro atoms. The maximum absolute atomic E-state index is 14.1. The molecule has 4 N–H and O–H groups in total. The van der Waals surface area contributed by atoms with E-state index >= 15 is 0 Å². The number of alkyl halides is 6. The third kappa shape index (κ3) is 7.33. The van der Waals surface area contributed by atoms with E-state index in [1.54, 1.807) is 6.20 Å². The molecule has 1 aromatic carbocycles. The van der Waals surface area contributed by atoms with Gasteiger partial charge in [-0.25, -0.2) is 27.7 Å². The number of aromatic nitrogens is 3. The molecule has 8 nitrogen and oxygen atoms in total. The summed E-state index contributed by atoms with van der Waals surface area (Å²) in [5.74, 6) is -8.28. The van der Waals surface area contributed by atoms with Gasteiger partial charge in [-0.15, -0.1) is 0 Å². The predicted octanol–water partition coefficient (Wildman–Crippen LogP) is 4.09. The van der Waals surface area contributed by atoms with Crippen LogP contribution in [0.2, 0.25) is 0 Å². The van der Waals surface area contributed by atoms with E-state index in [2.05, 4.69) is 9.97 Å². The number of hydrogen-bond acceptors (Lipinski definition) is 5. The quantitative estimate of drug-likeness (QED) is 0.302. The molecule has 0 amide bonds. The summed E-state index contributed by atoms with van der Waals surface area (Å²) in [5, 5.41) is 14.2. The maximum Gasteiger partial charge on any atom is 0.490 e. The van der Waals surface area contributed by atoms with E-state index < -0.39 is 53.7 Å². The van der Waals surface area contributed by atoms with Crippen LogP contribution in [0.3, 0.4) is 0 Å². The van der Waals surface area contributed by atoms with Gasteiger partial charge >= 0.3 is 24.3 Å². The Labute approximate surface area is 206 Å². The van der Waals surface area contributed by atoms with Gasteiger partial charge in [0.2, 0.25) is 0 Å². The van der Waals surface area contributed by atoms with Gasteiger partial charge in [0.05, 0.1) is 11.7 Å². The van der Waals surface area contributed by atoms with Crippen LogP contribution in [0.15, 0.2) is 24.4 Å². The van der Waals surface area contributed by atoms with Crippen LogP contribution in [0.5, 0.6) is 0 Å². The van der Waals surface area contributed by atoms with Crippen molar-refractivity contribution in [2.45, 2.75) is 44.2 Å². The van der Waals surface area contributed by atoms with Crippen molar-refractivity contribution < 1.29 is 59.3 Å². The lowest BCUT2D eigenvalue weighted by molar-refractivity contribution is -0.193. The first-order valence-corrected chi connectivity index (χ1v) is 10.1. The molecule has 2 atom stereocenters. The third-order valence-electron chi connectivity index (χ3n) is 5.09. The summed E-state index contributed by atoms with van der Waals surface area (Å²) in [6.45, 7) is 2.32. The summed E-state index contributed by atoms with van der Waals surface area (Å²) < 4.78 is 106. The number of aryl methyl sites for hydroxylation is 1. The summed E-state index contributed by atoms with van der Waals surface area (Å²) in [6, 6.07) is 2.97. The number of carboxylic acid groups (broad SMARTS) is 2. The van der Waals surface area contributed by atoms with Crippen LogP contribution in [0, 0.1) is 24.4 Å². The highest BCUT2D eigenvalue weighted by atomic mass is 19.4. The van der Waals surface area contributed by atoms with Crippen LogP contribution >= 0.6 is 0 Å². The van der Waals surface area contributed by atoms with Crippen LogP contribution < -0.4 is 5.73 Å². The fraction of sp³-hybridized carbons (Fsp3) is 0.333. The molecule has 208 valence electrons. The number of rotatable bonds is 1. The van der Waals surface area contributed by atoms with Crippen LogP contribution in [0.4, 0.5) is 39.5 Å². The number of nitrogens with two attached hydrogens (primary N) is 1. The first kappa shape index (κ1) is 30.3. The van der Waals surface area contributed by atoms with Crippen LogP contribution in [0.25, 0.3) is 11.0 Å². The molecule has 0 fully saturated rings. The van der Waals surface area contributed by atoms with Crippen molar-refractivity contribution in [3.63, 3.8) is 0 Å². The Bertz CT molecular complexity index is 1310. The number of halogens is 9. The molecular weight excluding hydrogens is 543 g/mol. The number of hydrogen-bond donors (Lipinski definition) is 3. The van der Waals surface area contributed by atoms with Gasteiger partial charge in [0.15, 0.2) is 11.6 Å². The molecule has 1 aliphatic rings. The minimum Gasteiger partial charge on any atom is -0.475 e. The highest BCUT2D eigenvalue weighted by molar-refractivity contribution is 5.76. The normalized spacial score (nSPS) is 17.0. The number of carboxylic acids is 2. The van der Waals surface area contributed by atoms with Gasteiger partial charge in [0, 0.05) is 36.7 Å². The van der Waals surface area contributed by atoms with E-state index in [0.717, 1.165) is 28.6 Å². The van der Waals surface area contributed by atoms with Crippen molar-refractivity contribution in [2.75, 3.05) is 0 Å². The Morgan fingerprint density at radius 3 is 1.95 bits per heavy atom. The zero-order valence-electron chi connectivity index (χ0n) is 18.9. The highest BCUT2D eigenvalue weighted by Crippen LogP contribution is 2.33. The molecule has 0 aliphatic carbocycles. The highest BCUT2D eigenvalue weighted by Gasteiger charge is 2.39. The number of imidazole rings is 1. The first-order chi connectivity index (χ1) is 17.3. The number of fused-ring (bicyclic) bond motifs is 3. The number of carbonyl (C=O) groups is 2. The van der Waals surface area contributed by atoms with Gasteiger partial charge in [0.25, 0.3) is 0 Å². The molecule has 1 aliphatic heterocycles. The van der Waals surface area contributed by atoms with Crippen molar-refractivity contribution in [3.05, 3.63) is 58.9 Å². The zero-order chi connectivity index (χ0) is 29.2. The van der Waals surface area contributed by atoms with Crippen molar-refractivity contribution in [3.8, 4) is 0 Å². The summed E-state index contributed by atoms with van der Waals surface area (Å²) in [5.41, 5.74) is 8.86. The Morgan fingerprint density at radius 2 is 1.45 bits per heavy atom. The molecule has 0 radical (unpaired) electrons. The molecule has 0 saturated carbocycles. The molecule has 38 heavy (non-hydrogen) atoms. The maximum atomic E-state index is 14.1. The average Bonchev–Trinajstić information content (AvgIpc) is 3.12. The third-order valence-corrected chi connectivity index (χ3v) is 5.09. The Hall–Kier alpha value is -3.89. The van der Waals surface area contributed by atoms with Crippen molar-refractivity contribution >= 4 is 23.0 Å². The Morgan fingerprint density at radius 1 is 0.947 bits per heavy atom. The van der Waals surface area contributed by atoms with E-state index in [4.69, 9.17) is 25.5 Å². The zero-order valence-corrected chi connectivity index (χ0v) is 18.9. The van der Waals surface area contributed by atoms with Crippen LogP contribution in [-0.2, 0) is 22.6 Å². The van der Waals surface area contributed by atoms with Gasteiger partial charge in [0.1, 0.15) is 17.2 Å². The second-order valence-corrected chi connectivity index (χ2v) is 7.82. The summed E-state index contributed by atoms with van der Waals surface area (Å²) >= 11 is 0. The summed E-state index contributed by atoms with van der Waals surface area (Å²) in [7, 11) is 0. The fourth-order valence-corrected chi connectivity index (χ4v) is 3.39. The Balaban J connectivity index is 0.000000301. The Kier molecular flexibility index (Phi) is 8.97. The second-order valence-electron chi connectivity index (χ2n) is 7.82. The molecule has 0 saturated heterocycles. The summed E-state index contributed by atoms with van der Waals surface area (Å²) in [4.78, 5) is 26.5. The lowest BCUT2D eigenvalue weighted by Gasteiger charge is -2.30. The van der Waals surface area contributed by atoms with E-state index in [-0.39, 0.29) is 5.56 Å². The molecule has 17 heteroatoms. The molecule has 3 heterocycles. The molecular formula is C21H17F9N4O4.